The lowest BCUT2D eigenvalue weighted by Gasteiger charge is -2.29. The standard InChI is InChI=1S/C24H34N4O5S/c1-18(2)17-28(34(32,33)21-11-9-19(3)10-12-21)22(24(30)31)8-4-5-14-26-23(29)16-27-20-7-6-13-25-15-20/h6-7,9-13,15,18,22,27H,4-5,8,14,16-17H2,1-3H3,(H,26,29)(H,30,31)/t22-/m0/s1. The molecule has 0 aliphatic rings. The smallest absolute Gasteiger partial charge is 0.322 e. The van der Waals surface area contributed by atoms with Gasteiger partial charge in [0.05, 0.1) is 17.1 Å². The van der Waals surface area contributed by atoms with Gasteiger partial charge in [-0.15, -0.1) is 0 Å². The zero-order valence-electron chi connectivity index (χ0n) is 19.9. The van der Waals surface area contributed by atoms with Crippen LogP contribution in [0.5, 0.6) is 0 Å². The van der Waals surface area contributed by atoms with Gasteiger partial charge in [-0.05, 0) is 56.4 Å². The Morgan fingerprint density at radius 3 is 2.41 bits per heavy atom. The second kappa shape index (κ2) is 13.0. The molecule has 0 aliphatic heterocycles. The normalized spacial score (nSPS) is 12.5. The van der Waals surface area contributed by atoms with E-state index in [0.29, 0.717) is 19.4 Å². The van der Waals surface area contributed by atoms with E-state index >= 15 is 0 Å². The van der Waals surface area contributed by atoms with E-state index in [0.717, 1.165) is 15.6 Å². The van der Waals surface area contributed by atoms with Gasteiger partial charge < -0.3 is 15.7 Å². The predicted octanol–water partition coefficient (Wildman–Crippen LogP) is 2.89. The van der Waals surface area contributed by atoms with Crippen LogP contribution in [0.1, 0.15) is 38.7 Å². The summed E-state index contributed by atoms with van der Waals surface area (Å²) in [6.45, 7) is 6.13. The number of aromatic nitrogens is 1. The molecule has 3 N–H and O–H groups in total. The maximum absolute atomic E-state index is 13.3. The summed E-state index contributed by atoms with van der Waals surface area (Å²) in [7, 11) is -3.98. The molecule has 0 saturated carbocycles. The lowest BCUT2D eigenvalue weighted by molar-refractivity contribution is -0.142. The molecule has 1 aromatic carbocycles. The van der Waals surface area contributed by atoms with Crippen molar-refractivity contribution in [3.05, 3.63) is 54.4 Å². The summed E-state index contributed by atoms with van der Waals surface area (Å²) >= 11 is 0. The number of unbranched alkanes of at least 4 members (excludes halogenated alkanes) is 1. The summed E-state index contributed by atoms with van der Waals surface area (Å²) in [4.78, 5) is 28.1. The molecule has 10 heteroatoms. The molecule has 34 heavy (non-hydrogen) atoms. The molecule has 1 heterocycles. The van der Waals surface area contributed by atoms with Crippen molar-refractivity contribution in [2.45, 2.75) is 51.0 Å². The number of carbonyl (C=O) groups is 2. The maximum Gasteiger partial charge on any atom is 0.322 e. The molecule has 0 bridgehead atoms. The zero-order chi connectivity index (χ0) is 25.1. The van der Waals surface area contributed by atoms with E-state index in [1.54, 1.807) is 36.7 Å². The van der Waals surface area contributed by atoms with Crippen molar-refractivity contribution in [1.29, 1.82) is 0 Å². The van der Waals surface area contributed by atoms with Crippen LogP contribution in [0.25, 0.3) is 0 Å². The van der Waals surface area contributed by atoms with Gasteiger partial charge in [0.2, 0.25) is 15.9 Å². The van der Waals surface area contributed by atoms with E-state index in [2.05, 4.69) is 15.6 Å². The molecular weight excluding hydrogens is 456 g/mol. The Morgan fingerprint density at radius 2 is 1.82 bits per heavy atom. The van der Waals surface area contributed by atoms with Crippen molar-refractivity contribution in [1.82, 2.24) is 14.6 Å². The van der Waals surface area contributed by atoms with Gasteiger partial charge >= 0.3 is 5.97 Å². The van der Waals surface area contributed by atoms with Crippen LogP contribution in [0, 0.1) is 12.8 Å². The Morgan fingerprint density at radius 1 is 1.12 bits per heavy atom. The molecule has 0 radical (unpaired) electrons. The van der Waals surface area contributed by atoms with Crippen LogP contribution in [0.15, 0.2) is 53.7 Å². The second-order valence-electron chi connectivity index (χ2n) is 8.58. The first kappa shape index (κ1) is 27.3. The number of carboxylic acid groups (broad SMARTS) is 1. The molecule has 9 nitrogen and oxygen atoms in total. The fourth-order valence-electron chi connectivity index (χ4n) is 3.39. The molecule has 0 aliphatic carbocycles. The molecule has 1 aromatic heterocycles. The van der Waals surface area contributed by atoms with E-state index in [1.165, 1.54) is 12.1 Å². The molecule has 0 unspecified atom stereocenters. The molecule has 0 spiro atoms. The predicted molar refractivity (Wildman–Crippen MR) is 131 cm³/mol. The van der Waals surface area contributed by atoms with Crippen molar-refractivity contribution in [3.63, 3.8) is 0 Å². The molecule has 0 fully saturated rings. The first-order chi connectivity index (χ1) is 16.1. The highest BCUT2D eigenvalue weighted by atomic mass is 32.2. The molecular formula is C24H34N4O5S. The molecule has 186 valence electrons. The van der Waals surface area contributed by atoms with Crippen molar-refractivity contribution in [2.75, 3.05) is 25.0 Å². The molecule has 2 aromatic rings. The Labute approximate surface area is 201 Å². The Balaban J connectivity index is 1.93. The number of rotatable bonds is 14. The monoisotopic (exact) mass is 490 g/mol. The van der Waals surface area contributed by atoms with Gasteiger partial charge in [0.15, 0.2) is 0 Å². The van der Waals surface area contributed by atoms with Crippen LogP contribution in [-0.4, -0.2) is 60.4 Å². The van der Waals surface area contributed by atoms with Gasteiger partial charge in [0.25, 0.3) is 0 Å². The van der Waals surface area contributed by atoms with Crippen LogP contribution in [-0.2, 0) is 19.6 Å². The van der Waals surface area contributed by atoms with Gasteiger partial charge in [-0.2, -0.15) is 4.31 Å². The third-order valence-electron chi connectivity index (χ3n) is 5.15. The maximum atomic E-state index is 13.3. The number of nitrogens with zero attached hydrogens (tertiary/aromatic N) is 2. The summed E-state index contributed by atoms with van der Waals surface area (Å²) in [5.41, 5.74) is 1.66. The van der Waals surface area contributed by atoms with E-state index < -0.39 is 22.0 Å². The van der Waals surface area contributed by atoms with Crippen LogP contribution >= 0.6 is 0 Å². The minimum Gasteiger partial charge on any atom is -0.480 e. The topological polar surface area (TPSA) is 129 Å². The van der Waals surface area contributed by atoms with E-state index in [-0.39, 0.29) is 36.2 Å². The number of carboxylic acids is 1. The van der Waals surface area contributed by atoms with Crippen molar-refractivity contribution < 1.29 is 23.1 Å². The van der Waals surface area contributed by atoms with Gasteiger partial charge in [-0.25, -0.2) is 8.42 Å². The number of anilines is 1. The quantitative estimate of drug-likeness (QED) is 0.347. The van der Waals surface area contributed by atoms with E-state index in [4.69, 9.17) is 0 Å². The number of carbonyl (C=O) groups excluding carboxylic acids is 1. The first-order valence-electron chi connectivity index (χ1n) is 11.3. The molecule has 1 atom stereocenters. The Kier molecular flexibility index (Phi) is 10.5. The zero-order valence-corrected chi connectivity index (χ0v) is 20.7. The van der Waals surface area contributed by atoms with Crippen molar-refractivity contribution in [3.8, 4) is 0 Å². The number of hydrogen-bond acceptors (Lipinski definition) is 6. The fourth-order valence-corrected chi connectivity index (χ4v) is 5.17. The summed E-state index contributed by atoms with van der Waals surface area (Å²) in [6, 6.07) is 8.79. The van der Waals surface area contributed by atoms with Gasteiger partial charge in [0, 0.05) is 25.5 Å². The fraction of sp³-hybridized carbons (Fsp3) is 0.458. The van der Waals surface area contributed by atoms with E-state index in [1.807, 2.05) is 20.8 Å². The largest absolute Gasteiger partial charge is 0.480 e. The van der Waals surface area contributed by atoms with Gasteiger partial charge in [-0.3, -0.25) is 14.6 Å². The summed E-state index contributed by atoms with van der Waals surface area (Å²) in [5, 5.41) is 15.6. The highest BCUT2D eigenvalue weighted by molar-refractivity contribution is 7.89. The third-order valence-corrected chi connectivity index (χ3v) is 7.04. The van der Waals surface area contributed by atoms with Crippen LogP contribution in [0.2, 0.25) is 0 Å². The molecule has 1 amide bonds. The minimum atomic E-state index is -3.98. The SMILES string of the molecule is Cc1ccc(S(=O)(=O)N(CC(C)C)[C@@H](CCCCNC(=O)CNc2cccnc2)C(=O)O)cc1. The number of pyridine rings is 1. The highest BCUT2D eigenvalue weighted by Gasteiger charge is 2.35. The van der Waals surface area contributed by atoms with Crippen molar-refractivity contribution >= 4 is 27.6 Å². The Bertz CT molecular complexity index is 1030. The summed E-state index contributed by atoms with van der Waals surface area (Å²) < 4.78 is 27.7. The van der Waals surface area contributed by atoms with E-state index in [9.17, 15) is 23.1 Å². The van der Waals surface area contributed by atoms with Gasteiger partial charge in [0.1, 0.15) is 6.04 Å². The number of hydrogen-bond donors (Lipinski definition) is 3. The second-order valence-corrected chi connectivity index (χ2v) is 10.5. The first-order valence-corrected chi connectivity index (χ1v) is 12.8. The molecule has 2 rings (SSSR count). The Hall–Kier alpha value is -2.98. The summed E-state index contributed by atoms with van der Waals surface area (Å²) in [5.74, 6) is -1.42. The average molecular weight is 491 g/mol. The van der Waals surface area contributed by atoms with Crippen LogP contribution in [0.4, 0.5) is 5.69 Å². The molecule has 0 saturated heterocycles. The summed E-state index contributed by atoms with van der Waals surface area (Å²) in [6.07, 6.45) is 4.39. The number of amides is 1. The number of benzene rings is 1. The lowest BCUT2D eigenvalue weighted by Crippen LogP contribution is -2.46. The van der Waals surface area contributed by atoms with Gasteiger partial charge in [-0.1, -0.05) is 31.5 Å². The number of aryl methyl sites for hydroxylation is 1. The number of nitrogens with one attached hydrogen (secondary N) is 2. The average Bonchev–Trinajstić information content (AvgIpc) is 2.79. The minimum absolute atomic E-state index is 0.0475. The van der Waals surface area contributed by atoms with Crippen LogP contribution < -0.4 is 10.6 Å². The van der Waals surface area contributed by atoms with Crippen LogP contribution in [0.3, 0.4) is 0 Å². The number of aliphatic carboxylic acids is 1. The highest BCUT2D eigenvalue weighted by Crippen LogP contribution is 2.23. The lowest BCUT2D eigenvalue weighted by atomic mass is 10.1. The van der Waals surface area contributed by atoms with Crippen molar-refractivity contribution in [2.24, 2.45) is 5.92 Å². The number of sulfonamides is 1. The third kappa shape index (κ3) is 8.42.